The van der Waals surface area contributed by atoms with E-state index in [9.17, 15) is 9.18 Å². The summed E-state index contributed by atoms with van der Waals surface area (Å²) < 4.78 is 16.6. The Balaban J connectivity index is 1.47. The Kier molecular flexibility index (Phi) is 6.46. The van der Waals surface area contributed by atoms with Gasteiger partial charge in [-0.3, -0.25) is 4.79 Å². The number of aryl methyl sites for hydroxylation is 1. The summed E-state index contributed by atoms with van der Waals surface area (Å²) >= 11 is 0. The Bertz CT molecular complexity index is 1440. The zero-order valence-electron chi connectivity index (χ0n) is 20.5. The fourth-order valence-electron chi connectivity index (χ4n) is 4.31. The van der Waals surface area contributed by atoms with Gasteiger partial charge in [0.1, 0.15) is 5.82 Å². The number of oxime groups is 1. The topological polar surface area (TPSA) is 69.4 Å². The van der Waals surface area contributed by atoms with Gasteiger partial charge in [-0.05, 0) is 66.4 Å². The number of pyridine rings is 1. The molecule has 1 unspecified atom stereocenters. The molecule has 3 heterocycles. The van der Waals surface area contributed by atoms with Crippen LogP contribution in [0.5, 0.6) is 0 Å². The summed E-state index contributed by atoms with van der Waals surface area (Å²) in [5, 5.41) is 8.57. The van der Waals surface area contributed by atoms with Gasteiger partial charge in [0.25, 0.3) is 0 Å². The average Bonchev–Trinajstić information content (AvgIpc) is 3.56. The zero-order valence-corrected chi connectivity index (χ0v) is 20.5. The molecule has 0 bridgehead atoms. The van der Waals surface area contributed by atoms with E-state index in [4.69, 9.17) is 4.84 Å². The van der Waals surface area contributed by atoms with Crippen LogP contribution in [0.2, 0.25) is 0 Å². The summed E-state index contributed by atoms with van der Waals surface area (Å²) in [6.45, 7) is 5.86. The molecule has 4 aromatic rings. The highest BCUT2D eigenvalue weighted by molar-refractivity contribution is 6.05. The van der Waals surface area contributed by atoms with Crippen LogP contribution in [0, 0.1) is 18.7 Å². The molecule has 0 spiro atoms. The normalized spacial score (nSPS) is 15.1. The maximum atomic E-state index is 14.9. The molecule has 0 fully saturated rings. The lowest BCUT2D eigenvalue weighted by atomic mass is 9.92. The van der Waals surface area contributed by atoms with Crippen molar-refractivity contribution >= 4 is 11.5 Å². The number of Topliss-reactive ketones (excluding diaryl/α,β-unsaturated/α-hetero) is 1. The smallest absolute Gasteiger partial charge is 0.175 e. The highest BCUT2D eigenvalue weighted by atomic mass is 19.1. The van der Waals surface area contributed by atoms with Gasteiger partial charge < -0.3 is 4.84 Å². The summed E-state index contributed by atoms with van der Waals surface area (Å²) in [4.78, 5) is 23.4. The van der Waals surface area contributed by atoms with E-state index in [-0.39, 0.29) is 23.6 Å². The van der Waals surface area contributed by atoms with E-state index in [1.54, 1.807) is 23.0 Å². The fourth-order valence-corrected chi connectivity index (χ4v) is 4.31. The van der Waals surface area contributed by atoms with Gasteiger partial charge in [-0.25, -0.2) is 14.1 Å². The third-order valence-corrected chi connectivity index (χ3v) is 6.11. The summed E-state index contributed by atoms with van der Waals surface area (Å²) in [6.07, 6.45) is 4.05. The van der Waals surface area contributed by atoms with Gasteiger partial charge in [0.15, 0.2) is 17.7 Å². The lowest BCUT2D eigenvalue weighted by Crippen LogP contribution is -2.08. The lowest BCUT2D eigenvalue weighted by molar-refractivity contribution is 0.0825. The molecule has 1 aliphatic heterocycles. The first-order chi connectivity index (χ1) is 17.4. The van der Waals surface area contributed by atoms with Crippen molar-refractivity contribution in [1.29, 1.82) is 0 Å². The number of hydrogen-bond acceptors (Lipinski definition) is 5. The standard InChI is InChI=1S/C29H27FN4O2/c1-18(2)12-27(35)22-15-20(23-9-8-19(3)13-24(23)30)14-21(16-22)26-17-28(36-33-26)25-6-4-7-29(32-25)34-11-5-10-31-34/h4-11,13-16,18,28H,12,17H2,1-3H3. The maximum absolute atomic E-state index is 14.9. The van der Waals surface area contributed by atoms with E-state index in [0.29, 0.717) is 41.1 Å². The number of rotatable bonds is 7. The van der Waals surface area contributed by atoms with E-state index in [1.165, 1.54) is 6.07 Å². The van der Waals surface area contributed by atoms with E-state index < -0.39 is 0 Å². The molecule has 1 aliphatic rings. The SMILES string of the molecule is Cc1ccc(-c2cc(C(=O)CC(C)C)cc(C3=NOC(c4cccc(-n5cccn5)n4)C3)c2)c(F)c1. The number of nitrogens with zero attached hydrogens (tertiary/aromatic N) is 4. The monoisotopic (exact) mass is 482 g/mol. The van der Waals surface area contributed by atoms with Crippen LogP contribution in [-0.2, 0) is 4.84 Å². The number of aromatic nitrogens is 3. The zero-order chi connectivity index (χ0) is 25.2. The molecular weight excluding hydrogens is 455 g/mol. The molecule has 6 nitrogen and oxygen atoms in total. The van der Waals surface area contributed by atoms with Crippen molar-refractivity contribution in [3.63, 3.8) is 0 Å². The Hall–Kier alpha value is -4.13. The van der Waals surface area contributed by atoms with Crippen LogP contribution < -0.4 is 0 Å². The van der Waals surface area contributed by atoms with Crippen LogP contribution in [0.25, 0.3) is 16.9 Å². The quantitative estimate of drug-likeness (QED) is 0.283. The molecule has 5 rings (SSSR count). The third kappa shape index (κ3) is 4.96. The minimum absolute atomic E-state index is 0.0188. The van der Waals surface area contributed by atoms with Gasteiger partial charge in [-0.15, -0.1) is 0 Å². The van der Waals surface area contributed by atoms with Gasteiger partial charge in [0, 0.05) is 41.9 Å². The number of benzene rings is 2. The van der Waals surface area contributed by atoms with Crippen molar-refractivity contribution in [2.24, 2.45) is 11.1 Å². The molecule has 7 heteroatoms. The largest absolute Gasteiger partial charge is 0.385 e. The molecule has 0 aliphatic carbocycles. The minimum Gasteiger partial charge on any atom is -0.385 e. The van der Waals surface area contributed by atoms with Gasteiger partial charge in [0.2, 0.25) is 0 Å². The predicted molar refractivity (Wildman–Crippen MR) is 137 cm³/mol. The molecule has 2 aromatic carbocycles. The first-order valence-electron chi connectivity index (χ1n) is 12.0. The maximum Gasteiger partial charge on any atom is 0.175 e. The lowest BCUT2D eigenvalue weighted by Gasteiger charge is -2.12. The van der Waals surface area contributed by atoms with E-state index >= 15 is 0 Å². The highest BCUT2D eigenvalue weighted by Gasteiger charge is 2.27. The molecule has 1 atom stereocenters. The van der Waals surface area contributed by atoms with Crippen LogP contribution in [0.1, 0.15) is 60.0 Å². The van der Waals surface area contributed by atoms with Crippen molar-refractivity contribution in [2.75, 3.05) is 0 Å². The molecule has 0 saturated carbocycles. The fraction of sp³-hybridized carbons (Fsp3) is 0.241. The van der Waals surface area contributed by atoms with Gasteiger partial charge in [-0.2, -0.15) is 5.10 Å². The van der Waals surface area contributed by atoms with Crippen LogP contribution in [0.15, 0.2) is 78.2 Å². The third-order valence-electron chi connectivity index (χ3n) is 6.11. The summed E-state index contributed by atoms with van der Waals surface area (Å²) in [7, 11) is 0. The van der Waals surface area contributed by atoms with Crippen LogP contribution >= 0.6 is 0 Å². The Morgan fingerprint density at radius 3 is 2.69 bits per heavy atom. The number of carbonyl (C=O) groups is 1. The number of carbonyl (C=O) groups excluding carboxylic acids is 1. The van der Waals surface area contributed by atoms with Crippen molar-refractivity contribution in [2.45, 2.75) is 39.7 Å². The Morgan fingerprint density at radius 2 is 1.94 bits per heavy atom. The first kappa shape index (κ1) is 23.6. The van der Waals surface area contributed by atoms with E-state index in [1.807, 2.05) is 69.4 Å². The number of hydrogen-bond donors (Lipinski definition) is 0. The van der Waals surface area contributed by atoms with E-state index in [2.05, 4.69) is 15.2 Å². The highest BCUT2D eigenvalue weighted by Crippen LogP contribution is 2.32. The second-order valence-corrected chi connectivity index (χ2v) is 9.51. The van der Waals surface area contributed by atoms with Crippen molar-refractivity contribution in [3.8, 4) is 16.9 Å². The number of halogens is 1. The van der Waals surface area contributed by atoms with Crippen molar-refractivity contribution in [3.05, 3.63) is 101 Å². The van der Waals surface area contributed by atoms with Crippen molar-refractivity contribution in [1.82, 2.24) is 14.8 Å². The summed E-state index contributed by atoms with van der Waals surface area (Å²) in [6, 6.07) is 18.1. The molecule has 0 N–H and O–H groups in total. The van der Waals surface area contributed by atoms with Crippen LogP contribution in [0.3, 0.4) is 0 Å². The minimum atomic E-state index is -0.370. The predicted octanol–water partition coefficient (Wildman–Crippen LogP) is 6.48. The second-order valence-electron chi connectivity index (χ2n) is 9.51. The molecular formula is C29H27FN4O2. The van der Waals surface area contributed by atoms with E-state index in [0.717, 1.165) is 16.8 Å². The molecule has 0 saturated heterocycles. The van der Waals surface area contributed by atoms with Gasteiger partial charge in [-0.1, -0.05) is 37.2 Å². The molecule has 0 radical (unpaired) electrons. The molecule has 0 amide bonds. The van der Waals surface area contributed by atoms with Crippen LogP contribution in [-0.4, -0.2) is 26.3 Å². The number of ketones is 1. The Labute approximate surface area is 209 Å². The average molecular weight is 483 g/mol. The van der Waals surface area contributed by atoms with Gasteiger partial charge >= 0.3 is 0 Å². The summed E-state index contributed by atoms with van der Waals surface area (Å²) in [5.74, 6) is 0.597. The van der Waals surface area contributed by atoms with Crippen LogP contribution in [0.4, 0.5) is 4.39 Å². The second kappa shape index (κ2) is 9.85. The summed E-state index contributed by atoms with van der Waals surface area (Å²) in [5.41, 5.74) is 4.64. The molecule has 182 valence electrons. The molecule has 2 aromatic heterocycles. The van der Waals surface area contributed by atoms with Crippen molar-refractivity contribution < 1.29 is 14.0 Å². The molecule has 36 heavy (non-hydrogen) atoms. The van der Waals surface area contributed by atoms with Gasteiger partial charge in [0.05, 0.1) is 11.4 Å². The first-order valence-corrected chi connectivity index (χ1v) is 12.0. The Morgan fingerprint density at radius 1 is 1.11 bits per heavy atom.